The molecular formula is C5H6N2O2. The van der Waals surface area contributed by atoms with Crippen LogP contribution in [0.1, 0.15) is 0 Å². The maximum absolute atomic E-state index is 10.4. The van der Waals surface area contributed by atoms with Gasteiger partial charge in [-0.3, -0.25) is 9.59 Å². The highest BCUT2D eigenvalue weighted by Gasteiger charge is 2.10. The number of rotatable bonds is 1. The fraction of sp³-hybridized carbons (Fsp3) is 0.200. The Hall–Kier alpha value is -1.32. The topological polar surface area (TPSA) is 58.2 Å². The van der Waals surface area contributed by atoms with Crippen molar-refractivity contribution in [1.29, 1.82) is 0 Å². The van der Waals surface area contributed by atoms with Crippen molar-refractivity contribution >= 4 is 12.2 Å². The van der Waals surface area contributed by atoms with Gasteiger partial charge in [-0.05, 0) is 0 Å². The van der Waals surface area contributed by atoms with E-state index in [0.29, 0.717) is 12.1 Å². The highest BCUT2D eigenvalue weighted by atomic mass is 16.2. The Morgan fingerprint density at radius 2 is 2.33 bits per heavy atom. The van der Waals surface area contributed by atoms with Gasteiger partial charge in [0.2, 0.25) is 5.91 Å². The van der Waals surface area contributed by atoms with Crippen LogP contribution in [0.3, 0.4) is 0 Å². The van der Waals surface area contributed by atoms with Gasteiger partial charge in [-0.25, -0.2) is 0 Å². The molecular weight excluding hydrogens is 120 g/mol. The third-order valence-electron chi connectivity index (χ3n) is 0.948. The lowest BCUT2D eigenvalue weighted by atomic mass is 10.6. The molecule has 4 heteroatoms. The quantitative estimate of drug-likeness (QED) is 0.341. The molecule has 0 aromatic carbocycles. The molecule has 1 amide bonds. The fourth-order valence-corrected chi connectivity index (χ4v) is 0.583. The lowest BCUT2D eigenvalue weighted by Gasteiger charge is -1.90. The molecule has 2 N–H and O–H groups in total. The normalized spacial score (nSPS) is 21.3. The predicted molar refractivity (Wildman–Crippen MR) is 30.3 cm³/mol. The lowest BCUT2D eigenvalue weighted by molar-refractivity contribution is -0.117. The molecule has 0 aromatic rings. The van der Waals surface area contributed by atoms with Crippen LogP contribution in [-0.4, -0.2) is 18.7 Å². The summed E-state index contributed by atoms with van der Waals surface area (Å²) in [4.78, 5) is 20.2. The van der Waals surface area contributed by atoms with Crippen LogP contribution in [0, 0.1) is 0 Å². The van der Waals surface area contributed by atoms with Crippen molar-refractivity contribution in [2.75, 3.05) is 6.54 Å². The summed E-state index contributed by atoms with van der Waals surface area (Å²) in [5, 5.41) is 5.11. The smallest absolute Gasteiger partial charge is 0.244 e. The Bertz CT molecular complexity index is 174. The first-order valence-electron chi connectivity index (χ1n) is 2.52. The molecule has 9 heavy (non-hydrogen) atoms. The maximum Gasteiger partial charge on any atom is 0.244 e. The third kappa shape index (κ3) is 1.28. The van der Waals surface area contributed by atoms with Gasteiger partial charge in [-0.2, -0.15) is 0 Å². The minimum absolute atomic E-state index is 0.108. The molecule has 0 spiro atoms. The summed E-state index contributed by atoms with van der Waals surface area (Å²) in [7, 11) is 0. The summed E-state index contributed by atoms with van der Waals surface area (Å²) in [5.41, 5.74) is 0. The molecule has 1 aliphatic heterocycles. The van der Waals surface area contributed by atoms with Crippen molar-refractivity contribution < 1.29 is 9.59 Å². The number of hydrogen-bond acceptors (Lipinski definition) is 3. The summed E-state index contributed by atoms with van der Waals surface area (Å²) in [6.45, 7) is 0.264. The van der Waals surface area contributed by atoms with Crippen LogP contribution in [0.4, 0.5) is 0 Å². The van der Waals surface area contributed by atoms with Gasteiger partial charge in [0.05, 0.1) is 6.54 Å². The van der Waals surface area contributed by atoms with Crippen LogP contribution in [0.25, 0.3) is 0 Å². The van der Waals surface area contributed by atoms with Gasteiger partial charge in [0.1, 0.15) is 12.1 Å². The average Bonchev–Trinajstić information content (AvgIpc) is 2.17. The standard InChI is InChI=1S/C5H6N2O2/c8-2-1-4-6-3-5(9)7-4/h1-2,6H,3H2,(H,7,9). The van der Waals surface area contributed by atoms with Gasteiger partial charge in [0.25, 0.3) is 0 Å². The SMILES string of the molecule is O=CC=C1NCC(=O)N1. The summed E-state index contributed by atoms with van der Waals surface area (Å²) in [6.07, 6.45) is 1.89. The van der Waals surface area contributed by atoms with Gasteiger partial charge in [0.15, 0.2) is 0 Å². The summed E-state index contributed by atoms with van der Waals surface area (Å²) >= 11 is 0. The molecule has 1 fully saturated rings. The van der Waals surface area contributed by atoms with Crippen molar-refractivity contribution in [2.45, 2.75) is 0 Å². The number of allylic oxidation sites excluding steroid dienone is 1. The second-order valence-electron chi connectivity index (χ2n) is 1.62. The molecule has 1 heterocycles. The van der Waals surface area contributed by atoms with E-state index in [9.17, 15) is 9.59 Å². The average molecular weight is 126 g/mol. The van der Waals surface area contributed by atoms with Gasteiger partial charge < -0.3 is 10.6 Å². The molecule has 48 valence electrons. The van der Waals surface area contributed by atoms with E-state index < -0.39 is 0 Å². The van der Waals surface area contributed by atoms with Gasteiger partial charge in [-0.15, -0.1) is 0 Å². The first-order valence-corrected chi connectivity index (χ1v) is 2.52. The van der Waals surface area contributed by atoms with E-state index in [-0.39, 0.29) is 12.5 Å². The summed E-state index contributed by atoms with van der Waals surface area (Å²) in [5.74, 6) is 0.373. The van der Waals surface area contributed by atoms with Crippen molar-refractivity contribution in [2.24, 2.45) is 0 Å². The molecule has 0 unspecified atom stereocenters. The van der Waals surface area contributed by atoms with Crippen LogP contribution in [0.15, 0.2) is 11.9 Å². The molecule has 1 aliphatic rings. The molecule has 0 atom stereocenters. The highest BCUT2D eigenvalue weighted by Crippen LogP contribution is 1.87. The van der Waals surface area contributed by atoms with E-state index >= 15 is 0 Å². The third-order valence-corrected chi connectivity index (χ3v) is 0.948. The summed E-state index contributed by atoms with van der Waals surface area (Å²) in [6, 6.07) is 0. The second kappa shape index (κ2) is 2.30. The zero-order valence-corrected chi connectivity index (χ0v) is 4.68. The first kappa shape index (κ1) is 5.81. The summed E-state index contributed by atoms with van der Waals surface area (Å²) < 4.78 is 0. The van der Waals surface area contributed by atoms with E-state index in [1.165, 1.54) is 6.08 Å². The number of carbonyl (C=O) groups excluding carboxylic acids is 2. The van der Waals surface area contributed by atoms with Crippen LogP contribution in [-0.2, 0) is 9.59 Å². The minimum Gasteiger partial charge on any atom is -0.362 e. The Balaban J connectivity index is 2.57. The monoisotopic (exact) mass is 126 g/mol. The largest absolute Gasteiger partial charge is 0.362 e. The van der Waals surface area contributed by atoms with Gasteiger partial charge in [0, 0.05) is 6.08 Å². The minimum atomic E-state index is -0.108. The molecule has 4 nitrogen and oxygen atoms in total. The van der Waals surface area contributed by atoms with Crippen LogP contribution in [0.5, 0.6) is 0 Å². The Labute approximate surface area is 51.9 Å². The number of amides is 1. The Morgan fingerprint density at radius 1 is 1.56 bits per heavy atom. The van der Waals surface area contributed by atoms with Crippen LogP contribution in [0.2, 0.25) is 0 Å². The van der Waals surface area contributed by atoms with E-state index in [2.05, 4.69) is 10.6 Å². The van der Waals surface area contributed by atoms with Crippen molar-refractivity contribution in [3.8, 4) is 0 Å². The van der Waals surface area contributed by atoms with Crippen LogP contribution >= 0.6 is 0 Å². The number of carbonyl (C=O) groups is 2. The Kier molecular flexibility index (Phi) is 1.48. The van der Waals surface area contributed by atoms with E-state index in [4.69, 9.17) is 0 Å². The van der Waals surface area contributed by atoms with Gasteiger partial charge in [-0.1, -0.05) is 0 Å². The first-order chi connectivity index (χ1) is 4.33. The zero-order valence-electron chi connectivity index (χ0n) is 4.68. The predicted octanol–water partition coefficient (Wildman–Crippen LogP) is -1.25. The number of aldehydes is 1. The van der Waals surface area contributed by atoms with Crippen molar-refractivity contribution in [3.05, 3.63) is 11.9 Å². The maximum atomic E-state index is 10.4. The molecule has 0 saturated carbocycles. The van der Waals surface area contributed by atoms with E-state index in [1.807, 2.05) is 0 Å². The highest BCUT2D eigenvalue weighted by molar-refractivity contribution is 5.84. The fourth-order valence-electron chi connectivity index (χ4n) is 0.583. The molecule has 0 bridgehead atoms. The number of hydrogen-bond donors (Lipinski definition) is 2. The van der Waals surface area contributed by atoms with E-state index in [0.717, 1.165) is 0 Å². The van der Waals surface area contributed by atoms with Gasteiger partial charge >= 0.3 is 0 Å². The molecule has 0 aromatic heterocycles. The van der Waals surface area contributed by atoms with Crippen LogP contribution < -0.4 is 10.6 Å². The molecule has 0 radical (unpaired) electrons. The number of nitrogens with one attached hydrogen (secondary N) is 2. The molecule has 0 aliphatic carbocycles. The zero-order chi connectivity index (χ0) is 6.69. The lowest BCUT2D eigenvalue weighted by Crippen LogP contribution is -2.13. The molecule has 1 saturated heterocycles. The Morgan fingerprint density at radius 3 is 2.78 bits per heavy atom. The second-order valence-corrected chi connectivity index (χ2v) is 1.62. The molecule has 1 rings (SSSR count). The van der Waals surface area contributed by atoms with E-state index in [1.54, 1.807) is 0 Å². The van der Waals surface area contributed by atoms with Crippen molar-refractivity contribution in [1.82, 2.24) is 10.6 Å². The van der Waals surface area contributed by atoms with Crippen molar-refractivity contribution in [3.63, 3.8) is 0 Å².